The highest BCUT2D eigenvalue weighted by Crippen LogP contribution is 2.36. The lowest BCUT2D eigenvalue weighted by molar-refractivity contribution is 0.0136. The number of likely N-dealkylation sites (tertiary alicyclic amines) is 1. The van der Waals surface area contributed by atoms with Crippen molar-refractivity contribution in [1.29, 1.82) is 0 Å². The van der Waals surface area contributed by atoms with Crippen molar-refractivity contribution in [3.63, 3.8) is 0 Å². The van der Waals surface area contributed by atoms with E-state index < -0.39 is 5.92 Å². The molecule has 0 amide bonds. The first-order valence-corrected chi connectivity index (χ1v) is 11.2. The maximum atomic E-state index is 13.7. The predicted molar refractivity (Wildman–Crippen MR) is 122 cm³/mol. The minimum Gasteiger partial charge on any atom is -0.462 e. The van der Waals surface area contributed by atoms with Crippen LogP contribution in [0.25, 0.3) is 10.8 Å². The van der Waals surface area contributed by atoms with E-state index in [2.05, 4.69) is 33.1 Å². The van der Waals surface area contributed by atoms with Crippen LogP contribution in [0.2, 0.25) is 5.02 Å². The largest absolute Gasteiger partial charge is 0.462 e. The highest BCUT2D eigenvalue weighted by Gasteiger charge is 2.43. The van der Waals surface area contributed by atoms with Crippen molar-refractivity contribution in [2.24, 2.45) is 0 Å². The number of aromatic nitrogens is 2. The van der Waals surface area contributed by atoms with Crippen molar-refractivity contribution in [2.75, 3.05) is 31.6 Å². The second kappa shape index (κ2) is 8.12. The Morgan fingerprint density at radius 1 is 1.19 bits per heavy atom. The second-order valence-electron chi connectivity index (χ2n) is 8.74. The van der Waals surface area contributed by atoms with Crippen molar-refractivity contribution < 1.29 is 13.5 Å². The van der Waals surface area contributed by atoms with Crippen molar-refractivity contribution in [3.8, 4) is 6.01 Å². The zero-order chi connectivity index (χ0) is 22.5. The molecule has 32 heavy (non-hydrogen) atoms. The van der Waals surface area contributed by atoms with Crippen molar-refractivity contribution >= 4 is 28.1 Å². The number of ether oxygens (including phenoxy) is 1. The number of hydrogen-bond acceptors (Lipinski definition) is 5. The summed E-state index contributed by atoms with van der Waals surface area (Å²) < 4.78 is 33.1. The average molecular weight is 459 g/mol. The molecule has 1 atom stereocenters. The third-order valence-corrected chi connectivity index (χ3v) is 6.78. The van der Waals surface area contributed by atoms with Gasteiger partial charge in [0, 0.05) is 35.8 Å². The summed E-state index contributed by atoms with van der Waals surface area (Å²) in [6.45, 7) is 3.30. The number of fused-ring (bicyclic) bond motifs is 2. The summed E-state index contributed by atoms with van der Waals surface area (Å²) >= 11 is 6.54. The predicted octanol–water partition coefficient (Wildman–Crippen LogP) is 4.87. The van der Waals surface area contributed by atoms with Crippen molar-refractivity contribution in [2.45, 2.75) is 38.3 Å². The number of alkyl halides is 2. The quantitative estimate of drug-likeness (QED) is 0.557. The number of nitrogens with zero attached hydrogens (tertiary/aromatic N) is 4. The van der Waals surface area contributed by atoms with Gasteiger partial charge in [0.1, 0.15) is 6.61 Å². The molecule has 5 rings (SSSR count). The van der Waals surface area contributed by atoms with Gasteiger partial charge in [0.25, 0.3) is 5.92 Å². The number of hydrogen-bond donors (Lipinski definition) is 0. The molecule has 5 nitrogen and oxygen atoms in total. The molecule has 1 saturated heterocycles. The smallest absolute Gasteiger partial charge is 0.316 e. The van der Waals surface area contributed by atoms with Crippen LogP contribution in [-0.4, -0.2) is 53.6 Å². The van der Waals surface area contributed by atoms with Gasteiger partial charge in [-0.1, -0.05) is 35.9 Å². The molecule has 0 unspecified atom stereocenters. The van der Waals surface area contributed by atoms with Crippen LogP contribution in [0.1, 0.15) is 23.4 Å². The number of halogens is 3. The molecule has 0 N–H and O–H groups in total. The van der Waals surface area contributed by atoms with Crippen LogP contribution in [0.3, 0.4) is 0 Å². The highest BCUT2D eigenvalue weighted by molar-refractivity contribution is 6.36. The first-order valence-electron chi connectivity index (χ1n) is 10.8. The molecule has 2 aliphatic rings. The maximum absolute atomic E-state index is 13.7. The molecule has 3 aromatic rings. The van der Waals surface area contributed by atoms with E-state index in [1.165, 1.54) is 0 Å². The topological polar surface area (TPSA) is 41.5 Å². The number of rotatable bonds is 4. The number of benzene rings is 2. The summed E-state index contributed by atoms with van der Waals surface area (Å²) in [7, 11) is 1.70. The van der Waals surface area contributed by atoms with Crippen molar-refractivity contribution in [3.05, 3.63) is 58.4 Å². The Morgan fingerprint density at radius 2 is 1.97 bits per heavy atom. The first kappa shape index (κ1) is 21.3. The van der Waals surface area contributed by atoms with E-state index in [0.29, 0.717) is 6.54 Å². The molecule has 2 aromatic carbocycles. The number of aryl methyl sites for hydroxylation is 1. The Morgan fingerprint density at radius 3 is 2.72 bits per heavy atom. The van der Waals surface area contributed by atoms with E-state index in [9.17, 15) is 8.78 Å². The molecule has 0 spiro atoms. The summed E-state index contributed by atoms with van der Waals surface area (Å²) in [4.78, 5) is 13.1. The molecule has 3 heterocycles. The van der Waals surface area contributed by atoms with Gasteiger partial charge in [0.15, 0.2) is 0 Å². The Labute approximate surface area is 191 Å². The molecule has 0 bridgehead atoms. The van der Waals surface area contributed by atoms with Gasteiger partial charge in [0.2, 0.25) is 0 Å². The van der Waals surface area contributed by atoms with Gasteiger partial charge >= 0.3 is 6.01 Å². The zero-order valence-electron chi connectivity index (χ0n) is 18.1. The Kier molecular flexibility index (Phi) is 5.42. The van der Waals surface area contributed by atoms with E-state index in [0.717, 1.165) is 51.4 Å². The average Bonchev–Trinajstić information content (AvgIpc) is 3.03. The molecule has 1 fully saturated rings. The fourth-order valence-corrected chi connectivity index (χ4v) is 5.09. The summed E-state index contributed by atoms with van der Waals surface area (Å²) in [6.07, 6.45) is 0.614. The minimum absolute atomic E-state index is 0.146. The van der Waals surface area contributed by atoms with E-state index in [1.807, 2.05) is 25.1 Å². The Hall–Kier alpha value is -2.51. The van der Waals surface area contributed by atoms with Crippen LogP contribution in [0.4, 0.5) is 14.5 Å². The SMILES string of the molecule is Cc1nc(OC[C@@H]2CC(F)(F)CN2C)nc2c1CCN(c1cccc3cccc(Cl)c13)C2. The third kappa shape index (κ3) is 3.99. The molecule has 168 valence electrons. The van der Waals surface area contributed by atoms with Gasteiger partial charge in [-0.15, -0.1) is 0 Å². The van der Waals surface area contributed by atoms with E-state index >= 15 is 0 Å². The first-order chi connectivity index (χ1) is 15.3. The lowest BCUT2D eigenvalue weighted by atomic mass is 10.0. The fraction of sp³-hybridized carbons (Fsp3) is 0.417. The lowest BCUT2D eigenvalue weighted by Gasteiger charge is -2.32. The Bertz CT molecular complexity index is 1170. The molecule has 2 aliphatic heterocycles. The van der Waals surface area contributed by atoms with Crippen molar-refractivity contribution in [1.82, 2.24) is 14.9 Å². The summed E-state index contributed by atoms with van der Waals surface area (Å²) in [5.74, 6) is -2.67. The molecular formula is C24H25ClF2N4O. The van der Waals surface area contributed by atoms with Crippen LogP contribution >= 0.6 is 11.6 Å². The number of likely N-dealkylation sites (N-methyl/N-ethyl adjacent to an activating group) is 1. The molecule has 0 radical (unpaired) electrons. The lowest BCUT2D eigenvalue weighted by Crippen LogP contribution is -2.33. The van der Waals surface area contributed by atoms with Gasteiger partial charge in [-0.05, 0) is 43.5 Å². The fourth-order valence-electron chi connectivity index (χ4n) is 4.82. The van der Waals surface area contributed by atoms with E-state index in [1.54, 1.807) is 11.9 Å². The van der Waals surface area contributed by atoms with Crippen LogP contribution < -0.4 is 9.64 Å². The zero-order valence-corrected chi connectivity index (χ0v) is 18.9. The van der Waals surface area contributed by atoms with E-state index in [4.69, 9.17) is 16.3 Å². The summed E-state index contributed by atoms with van der Waals surface area (Å²) in [5.41, 5.74) is 4.00. The van der Waals surface area contributed by atoms with Crippen LogP contribution in [0, 0.1) is 6.92 Å². The minimum atomic E-state index is -2.67. The van der Waals surface area contributed by atoms with Gasteiger partial charge < -0.3 is 9.64 Å². The summed E-state index contributed by atoms with van der Waals surface area (Å²) in [5, 5.41) is 2.86. The van der Waals surface area contributed by atoms with Crippen LogP contribution in [0.15, 0.2) is 36.4 Å². The highest BCUT2D eigenvalue weighted by atomic mass is 35.5. The van der Waals surface area contributed by atoms with Gasteiger partial charge in [0.05, 0.1) is 23.8 Å². The second-order valence-corrected chi connectivity index (χ2v) is 9.15. The molecule has 0 saturated carbocycles. The molecular weight excluding hydrogens is 434 g/mol. The molecule has 1 aromatic heterocycles. The Balaban J connectivity index is 1.38. The molecule has 0 aliphatic carbocycles. The third-order valence-electron chi connectivity index (χ3n) is 6.47. The van der Waals surface area contributed by atoms with E-state index in [-0.39, 0.29) is 31.6 Å². The van der Waals surface area contributed by atoms with Gasteiger partial charge in [-0.2, -0.15) is 4.98 Å². The van der Waals surface area contributed by atoms with Gasteiger partial charge in [-0.25, -0.2) is 13.8 Å². The van der Waals surface area contributed by atoms with Gasteiger partial charge in [-0.3, -0.25) is 4.90 Å². The number of anilines is 1. The summed E-state index contributed by atoms with van der Waals surface area (Å²) in [6, 6.07) is 12.0. The van der Waals surface area contributed by atoms with Crippen LogP contribution in [0.5, 0.6) is 6.01 Å². The normalized spacial score (nSPS) is 20.5. The van der Waals surface area contributed by atoms with Crippen LogP contribution in [-0.2, 0) is 13.0 Å². The standard InChI is InChI=1S/C24H25ClF2N4O/c1-15-18-9-10-31(21-8-4-6-16-5-3-7-19(25)22(16)21)12-20(18)29-23(28-15)32-13-17-11-24(26,27)14-30(17)2/h3-8,17H,9-14H2,1-2H3/t17-/m0/s1. The molecule has 8 heteroatoms. The maximum Gasteiger partial charge on any atom is 0.316 e. The monoisotopic (exact) mass is 458 g/mol.